The molecule has 0 aliphatic rings. The average Bonchev–Trinajstić information content (AvgIpc) is 1.98. The zero-order valence-corrected chi connectivity index (χ0v) is 7.41. The van der Waals surface area contributed by atoms with E-state index in [1.165, 1.54) is 0 Å². The molecule has 0 fully saturated rings. The number of rotatable bonds is 1. The Hall–Kier alpha value is -1.06. The van der Waals surface area contributed by atoms with Crippen molar-refractivity contribution in [2.24, 2.45) is 5.11 Å². The standard InChI is InChI=1S/C6H5BrN4/c1-4-6(10-11-8)2-5(7)3-9-4/h2-3H,1H3. The molecule has 0 amide bonds. The summed E-state index contributed by atoms with van der Waals surface area (Å²) in [7, 11) is 0. The maximum Gasteiger partial charge on any atom is 0.0599 e. The predicted molar refractivity (Wildman–Crippen MR) is 45.5 cm³/mol. The number of pyridine rings is 1. The van der Waals surface area contributed by atoms with E-state index in [1.54, 1.807) is 19.2 Å². The number of aromatic nitrogens is 1. The van der Waals surface area contributed by atoms with Crippen LogP contribution in [-0.2, 0) is 0 Å². The zero-order valence-electron chi connectivity index (χ0n) is 5.82. The lowest BCUT2D eigenvalue weighted by Crippen LogP contribution is -1.79. The third kappa shape index (κ3) is 1.93. The van der Waals surface area contributed by atoms with Gasteiger partial charge in [-0.25, -0.2) is 0 Å². The van der Waals surface area contributed by atoms with Gasteiger partial charge in [0.1, 0.15) is 0 Å². The quantitative estimate of drug-likeness (QED) is 0.401. The van der Waals surface area contributed by atoms with Crippen LogP contribution in [0.1, 0.15) is 5.69 Å². The van der Waals surface area contributed by atoms with Gasteiger partial charge in [0.15, 0.2) is 0 Å². The summed E-state index contributed by atoms with van der Waals surface area (Å²) in [5.41, 5.74) is 9.44. The van der Waals surface area contributed by atoms with E-state index >= 15 is 0 Å². The summed E-state index contributed by atoms with van der Waals surface area (Å²) in [4.78, 5) is 6.66. The summed E-state index contributed by atoms with van der Waals surface area (Å²) in [6.07, 6.45) is 1.66. The summed E-state index contributed by atoms with van der Waals surface area (Å²) in [5.74, 6) is 0. The molecule has 1 aromatic rings. The first kappa shape index (κ1) is 8.04. The lowest BCUT2D eigenvalue weighted by molar-refractivity contribution is 1.17. The van der Waals surface area contributed by atoms with Gasteiger partial charge in [-0.1, -0.05) is 5.11 Å². The first-order chi connectivity index (χ1) is 5.24. The van der Waals surface area contributed by atoms with Crippen LogP contribution in [0.15, 0.2) is 21.9 Å². The van der Waals surface area contributed by atoms with Gasteiger partial charge in [0, 0.05) is 21.3 Å². The maximum atomic E-state index is 8.15. The summed E-state index contributed by atoms with van der Waals surface area (Å²) in [5, 5.41) is 3.46. The SMILES string of the molecule is Cc1ncc(Br)cc1N=[N+]=[N-]. The van der Waals surface area contributed by atoms with Crippen LogP contribution >= 0.6 is 15.9 Å². The van der Waals surface area contributed by atoms with Crippen molar-refractivity contribution in [3.05, 3.63) is 32.9 Å². The van der Waals surface area contributed by atoms with Crippen molar-refractivity contribution in [3.8, 4) is 0 Å². The van der Waals surface area contributed by atoms with E-state index in [4.69, 9.17) is 5.53 Å². The molecule has 0 aliphatic heterocycles. The van der Waals surface area contributed by atoms with Crippen LogP contribution in [0.2, 0.25) is 0 Å². The van der Waals surface area contributed by atoms with Crippen LogP contribution in [0.5, 0.6) is 0 Å². The van der Waals surface area contributed by atoms with Gasteiger partial charge in [-0.2, -0.15) is 0 Å². The number of hydrogen-bond acceptors (Lipinski definition) is 2. The van der Waals surface area contributed by atoms with Gasteiger partial charge in [-0.3, -0.25) is 4.98 Å². The molecule has 1 aromatic heterocycles. The molecule has 0 spiro atoms. The van der Waals surface area contributed by atoms with Gasteiger partial charge in [0.2, 0.25) is 0 Å². The van der Waals surface area contributed by atoms with Crippen LogP contribution in [0, 0.1) is 6.92 Å². The Morgan fingerprint density at radius 2 is 2.45 bits per heavy atom. The minimum absolute atomic E-state index is 0.557. The highest BCUT2D eigenvalue weighted by molar-refractivity contribution is 9.10. The molecule has 56 valence electrons. The van der Waals surface area contributed by atoms with Gasteiger partial charge in [-0.05, 0) is 34.5 Å². The monoisotopic (exact) mass is 212 g/mol. The molecular formula is C6H5BrN4. The third-order valence-electron chi connectivity index (χ3n) is 1.18. The van der Waals surface area contributed by atoms with E-state index in [0.717, 1.165) is 10.2 Å². The van der Waals surface area contributed by atoms with Gasteiger partial charge in [-0.15, -0.1) is 0 Å². The van der Waals surface area contributed by atoms with E-state index in [1.807, 2.05) is 0 Å². The Morgan fingerprint density at radius 1 is 1.73 bits per heavy atom. The first-order valence-electron chi connectivity index (χ1n) is 2.91. The highest BCUT2D eigenvalue weighted by Crippen LogP contribution is 2.20. The molecule has 0 unspecified atom stereocenters. The number of aryl methyl sites for hydroxylation is 1. The van der Waals surface area contributed by atoms with Crippen LogP contribution in [0.4, 0.5) is 5.69 Å². The Bertz CT molecular complexity index is 316. The van der Waals surface area contributed by atoms with Crippen molar-refractivity contribution in [2.75, 3.05) is 0 Å². The second-order valence-electron chi connectivity index (χ2n) is 1.95. The number of hydrogen-bond donors (Lipinski definition) is 0. The number of nitrogens with zero attached hydrogens (tertiary/aromatic N) is 4. The van der Waals surface area contributed by atoms with Gasteiger partial charge in [0.05, 0.1) is 5.69 Å². The minimum atomic E-state index is 0.557. The minimum Gasteiger partial charge on any atom is -0.260 e. The van der Waals surface area contributed by atoms with Crippen LogP contribution in [0.3, 0.4) is 0 Å². The fourth-order valence-corrected chi connectivity index (χ4v) is 0.966. The molecule has 11 heavy (non-hydrogen) atoms. The smallest absolute Gasteiger partial charge is 0.0599 e. The Labute approximate surface area is 72.0 Å². The van der Waals surface area contributed by atoms with E-state index in [0.29, 0.717) is 5.69 Å². The van der Waals surface area contributed by atoms with E-state index in [-0.39, 0.29) is 0 Å². The lowest BCUT2D eigenvalue weighted by Gasteiger charge is -1.96. The largest absolute Gasteiger partial charge is 0.260 e. The lowest BCUT2D eigenvalue weighted by atomic mass is 10.3. The normalized spacial score (nSPS) is 8.91. The maximum absolute atomic E-state index is 8.15. The van der Waals surface area contributed by atoms with Crippen molar-refractivity contribution < 1.29 is 0 Å². The highest BCUT2D eigenvalue weighted by Gasteiger charge is 1.96. The molecule has 1 rings (SSSR count). The van der Waals surface area contributed by atoms with E-state index in [9.17, 15) is 0 Å². The van der Waals surface area contributed by atoms with Gasteiger partial charge in [0.25, 0.3) is 0 Å². The molecule has 1 heterocycles. The molecule has 0 saturated heterocycles. The molecule has 0 N–H and O–H groups in total. The second kappa shape index (κ2) is 3.37. The summed E-state index contributed by atoms with van der Waals surface area (Å²) in [6.45, 7) is 1.79. The van der Waals surface area contributed by atoms with Crippen LogP contribution < -0.4 is 0 Å². The number of azide groups is 1. The van der Waals surface area contributed by atoms with Crippen LogP contribution in [-0.4, -0.2) is 4.98 Å². The zero-order chi connectivity index (χ0) is 8.27. The predicted octanol–water partition coefficient (Wildman–Crippen LogP) is 3.09. The average molecular weight is 213 g/mol. The Kier molecular flexibility index (Phi) is 2.46. The third-order valence-corrected chi connectivity index (χ3v) is 1.61. The molecule has 0 bridgehead atoms. The molecule has 5 heteroatoms. The van der Waals surface area contributed by atoms with Crippen molar-refractivity contribution in [1.82, 2.24) is 4.98 Å². The number of halogens is 1. The topological polar surface area (TPSA) is 61.7 Å². The fraction of sp³-hybridized carbons (Fsp3) is 0.167. The first-order valence-corrected chi connectivity index (χ1v) is 3.70. The van der Waals surface area contributed by atoms with E-state index < -0.39 is 0 Å². The molecule has 0 saturated carbocycles. The van der Waals surface area contributed by atoms with Crippen molar-refractivity contribution in [2.45, 2.75) is 6.92 Å². The molecule has 0 radical (unpaired) electrons. The molecule has 0 atom stereocenters. The molecule has 0 aliphatic carbocycles. The Morgan fingerprint density at radius 3 is 3.09 bits per heavy atom. The summed E-state index contributed by atoms with van der Waals surface area (Å²) >= 11 is 3.22. The van der Waals surface area contributed by atoms with Crippen molar-refractivity contribution in [1.29, 1.82) is 0 Å². The molecular weight excluding hydrogens is 208 g/mol. The highest BCUT2D eigenvalue weighted by atomic mass is 79.9. The summed E-state index contributed by atoms with van der Waals surface area (Å²) < 4.78 is 0.811. The Balaban J connectivity index is 3.22. The van der Waals surface area contributed by atoms with Gasteiger partial charge >= 0.3 is 0 Å². The fourth-order valence-electron chi connectivity index (χ4n) is 0.646. The van der Waals surface area contributed by atoms with Gasteiger partial charge < -0.3 is 0 Å². The summed E-state index contributed by atoms with van der Waals surface area (Å²) in [6, 6.07) is 1.72. The second-order valence-corrected chi connectivity index (χ2v) is 2.86. The van der Waals surface area contributed by atoms with Crippen molar-refractivity contribution in [3.63, 3.8) is 0 Å². The molecule has 4 nitrogen and oxygen atoms in total. The van der Waals surface area contributed by atoms with E-state index in [2.05, 4.69) is 30.9 Å². The van der Waals surface area contributed by atoms with Crippen molar-refractivity contribution >= 4 is 21.6 Å². The molecule has 0 aromatic carbocycles. The van der Waals surface area contributed by atoms with Crippen LogP contribution in [0.25, 0.3) is 10.4 Å².